The monoisotopic (exact) mass is 295 g/mol. The molecule has 0 aromatic carbocycles. The topological polar surface area (TPSA) is 86.9 Å². The van der Waals surface area contributed by atoms with Crippen LogP contribution in [0, 0.1) is 17.8 Å². The molecule has 2 aliphatic carbocycles. The van der Waals surface area contributed by atoms with Crippen molar-refractivity contribution in [3.8, 4) is 0 Å². The Morgan fingerprint density at radius 1 is 1.10 bits per heavy atom. The molecule has 3 rings (SSSR count). The predicted octanol–water partition coefficient (Wildman–Crippen LogP) is -0.0213. The van der Waals surface area contributed by atoms with Gasteiger partial charge >= 0.3 is 5.97 Å². The summed E-state index contributed by atoms with van der Waals surface area (Å²) in [5.41, 5.74) is 6.27. The zero-order valence-electron chi connectivity index (χ0n) is 12.4. The summed E-state index contributed by atoms with van der Waals surface area (Å²) in [4.78, 5) is 27.4. The van der Waals surface area contributed by atoms with Gasteiger partial charge in [-0.15, -0.1) is 0 Å². The van der Waals surface area contributed by atoms with Crippen molar-refractivity contribution in [2.75, 3.05) is 32.7 Å². The van der Waals surface area contributed by atoms with Crippen molar-refractivity contribution >= 4 is 11.9 Å². The van der Waals surface area contributed by atoms with Crippen LogP contribution >= 0.6 is 0 Å². The van der Waals surface area contributed by atoms with E-state index in [9.17, 15) is 9.59 Å². The normalized spacial score (nSPS) is 36.7. The van der Waals surface area contributed by atoms with Crippen LogP contribution in [0.15, 0.2) is 0 Å². The Hall–Kier alpha value is -1.14. The van der Waals surface area contributed by atoms with Crippen molar-refractivity contribution in [3.05, 3.63) is 0 Å². The molecule has 1 saturated heterocycles. The Bertz CT molecular complexity index is 426. The summed E-state index contributed by atoms with van der Waals surface area (Å²) in [7, 11) is 0. The summed E-state index contributed by atoms with van der Waals surface area (Å²) in [6, 6.07) is 0.0367. The Balaban J connectivity index is 1.59. The molecule has 0 aromatic heterocycles. The number of fused-ring (bicyclic) bond motifs is 2. The second-order valence-electron chi connectivity index (χ2n) is 6.79. The number of carbonyl (C=O) groups is 2. The number of rotatable bonds is 3. The Morgan fingerprint density at radius 3 is 2.52 bits per heavy atom. The van der Waals surface area contributed by atoms with Crippen LogP contribution in [0.2, 0.25) is 0 Å². The number of amides is 1. The summed E-state index contributed by atoms with van der Waals surface area (Å²) in [6.07, 6.45) is 4.29. The summed E-state index contributed by atoms with van der Waals surface area (Å²) in [5.74, 6) is 0.446. The number of carbonyl (C=O) groups excluding carboxylic acids is 1. The highest BCUT2D eigenvalue weighted by atomic mass is 16.4. The minimum Gasteiger partial charge on any atom is -0.480 e. The Morgan fingerprint density at radius 2 is 1.86 bits per heavy atom. The second-order valence-corrected chi connectivity index (χ2v) is 6.79. The fourth-order valence-electron chi connectivity index (χ4n) is 4.45. The first-order valence-corrected chi connectivity index (χ1v) is 8.05. The first kappa shape index (κ1) is 14.8. The molecule has 2 saturated carbocycles. The fraction of sp³-hybridized carbons (Fsp3) is 0.867. The molecule has 6 heteroatoms. The van der Waals surface area contributed by atoms with E-state index in [-0.39, 0.29) is 24.4 Å². The van der Waals surface area contributed by atoms with E-state index in [0.717, 1.165) is 32.4 Å². The first-order chi connectivity index (χ1) is 10.1. The maximum Gasteiger partial charge on any atom is 0.317 e. The van der Waals surface area contributed by atoms with Crippen molar-refractivity contribution < 1.29 is 14.7 Å². The van der Waals surface area contributed by atoms with Gasteiger partial charge in [-0.25, -0.2) is 0 Å². The first-order valence-electron chi connectivity index (χ1n) is 8.05. The zero-order chi connectivity index (χ0) is 15.0. The largest absolute Gasteiger partial charge is 0.480 e. The lowest BCUT2D eigenvalue weighted by molar-refractivity contribution is -0.138. The van der Waals surface area contributed by atoms with Gasteiger partial charge in [-0.1, -0.05) is 0 Å². The third-order valence-electron chi connectivity index (χ3n) is 5.52. The van der Waals surface area contributed by atoms with Crippen molar-refractivity contribution in [2.45, 2.75) is 31.7 Å². The quantitative estimate of drug-likeness (QED) is 0.764. The van der Waals surface area contributed by atoms with Crippen LogP contribution in [0.5, 0.6) is 0 Å². The average molecular weight is 295 g/mol. The average Bonchev–Trinajstić information content (AvgIpc) is 2.93. The van der Waals surface area contributed by atoms with Crippen molar-refractivity contribution in [3.63, 3.8) is 0 Å². The minimum absolute atomic E-state index is 0.00905. The lowest BCUT2D eigenvalue weighted by atomic mass is 9.84. The number of hydrogen-bond donors (Lipinski definition) is 2. The van der Waals surface area contributed by atoms with Crippen molar-refractivity contribution in [2.24, 2.45) is 23.5 Å². The summed E-state index contributed by atoms with van der Waals surface area (Å²) < 4.78 is 0. The molecule has 2 bridgehead atoms. The molecule has 118 valence electrons. The van der Waals surface area contributed by atoms with Gasteiger partial charge in [-0.05, 0) is 37.5 Å². The van der Waals surface area contributed by atoms with Gasteiger partial charge in [0.05, 0.1) is 12.5 Å². The SMILES string of the molecule is NC1C2CCC(C2)C1C(=O)N1CCCN(CC(=O)O)CC1. The number of carboxylic acid groups (broad SMARTS) is 1. The fourth-order valence-corrected chi connectivity index (χ4v) is 4.45. The van der Waals surface area contributed by atoms with E-state index in [2.05, 4.69) is 0 Å². The highest BCUT2D eigenvalue weighted by Crippen LogP contribution is 2.48. The third kappa shape index (κ3) is 2.92. The van der Waals surface area contributed by atoms with Crippen LogP contribution in [0.3, 0.4) is 0 Å². The standard InChI is InChI=1S/C15H25N3O3/c16-14-11-3-2-10(8-11)13(14)15(21)18-5-1-4-17(6-7-18)9-12(19)20/h10-11,13-14H,1-9,16H2,(H,19,20). The van der Waals surface area contributed by atoms with E-state index in [1.165, 1.54) is 6.42 Å². The van der Waals surface area contributed by atoms with Gasteiger partial charge in [0.15, 0.2) is 0 Å². The van der Waals surface area contributed by atoms with Gasteiger partial charge in [0.2, 0.25) is 5.91 Å². The summed E-state index contributed by atoms with van der Waals surface area (Å²) >= 11 is 0. The lowest BCUT2D eigenvalue weighted by Crippen LogP contribution is -2.48. The number of hydrogen-bond acceptors (Lipinski definition) is 4. The van der Waals surface area contributed by atoms with Crippen LogP contribution in [-0.2, 0) is 9.59 Å². The maximum atomic E-state index is 12.8. The van der Waals surface area contributed by atoms with Gasteiger partial charge in [-0.2, -0.15) is 0 Å². The van der Waals surface area contributed by atoms with Crippen LogP contribution in [0.1, 0.15) is 25.7 Å². The molecule has 3 aliphatic rings. The van der Waals surface area contributed by atoms with Crippen molar-refractivity contribution in [1.29, 1.82) is 0 Å². The Labute approximate surface area is 125 Å². The molecule has 4 unspecified atom stereocenters. The van der Waals surface area contributed by atoms with Gasteiger partial charge < -0.3 is 15.7 Å². The van der Waals surface area contributed by atoms with Crippen LogP contribution in [0.25, 0.3) is 0 Å². The van der Waals surface area contributed by atoms with E-state index in [0.29, 0.717) is 24.9 Å². The van der Waals surface area contributed by atoms with Gasteiger partial charge in [-0.3, -0.25) is 14.5 Å². The molecule has 1 amide bonds. The zero-order valence-corrected chi connectivity index (χ0v) is 12.4. The van der Waals surface area contributed by atoms with E-state index in [1.807, 2.05) is 9.80 Å². The van der Waals surface area contributed by atoms with Gasteiger partial charge in [0, 0.05) is 32.2 Å². The van der Waals surface area contributed by atoms with E-state index in [1.54, 1.807) is 0 Å². The lowest BCUT2D eigenvalue weighted by Gasteiger charge is -2.32. The molecular weight excluding hydrogens is 270 g/mol. The molecule has 0 spiro atoms. The van der Waals surface area contributed by atoms with E-state index >= 15 is 0 Å². The Kier molecular flexibility index (Phi) is 4.17. The minimum atomic E-state index is -0.801. The molecular formula is C15H25N3O3. The van der Waals surface area contributed by atoms with Gasteiger partial charge in [0.1, 0.15) is 0 Å². The molecule has 3 N–H and O–H groups in total. The third-order valence-corrected chi connectivity index (χ3v) is 5.52. The second kappa shape index (κ2) is 5.93. The molecule has 1 aliphatic heterocycles. The molecule has 4 atom stereocenters. The number of nitrogens with zero attached hydrogens (tertiary/aromatic N) is 2. The molecule has 0 aromatic rings. The summed E-state index contributed by atoms with van der Waals surface area (Å²) in [6.45, 7) is 2.82. The van der Waals surface area contributed by atoms with Crippen molar-refractivity contribution in [1.82, 2.24) is 9.80 Å². The maximum absolute atomic E-state index is 12.8. The predicted molar refractivity (Wildman–Crippen MR) is 77.6 cm³/mol. The summed E-state index contributed by atoms with van der Waals surface area (Å²) in [5, 5.41) is 8.87. The smallest absolute Gasteiger partial charge is 0.317 e. The van der Waals surface area contributed by atoms with E-state index in [4.69, 9.17) is 10.8 Å². The van der Waals surface area contributed by atoms with Gasteiger partial charge in [0.25, 0.3) is 0 Å². The van der Waals surface area contributed by atoms with E-state index < -0.39 is 5.97 Å². The molecule has 1 heterocycles. The van der Waals surface area contributed by atoms with Crippen LogP contribution < -0.4 is 5.73 Å². The number of nitrogens with two attached hydrogens (primary N) is 1. The highest BCUT2D eigenvalue weighted by Gasteiger charge is 2.50. The molecule has 21 heavy (non-hydrogen) atoms. The molecule has 3 fully saturated rings. The number of carboxylic acids is 1. The van der Waals surface area contributed by atoms with Crippen LogP contribution in [0.4, 0.5) is 0 Å². The number of aliphatic carboxylic acids is 1. The van der Waals surface area contributed by atoms with Crippen LogP contribution in [-0.4, -0.2) is 65.5 Å². The molecule has 6 nitrogen and oxygen atoms in total. The molecule has 0 radical (unpaired) electrons. The highest BCUT2D eigenvalue weighted by molar-refractivity contribution is 5.80.